The van der Waals surface area contributed by atoms with Crippen LogP contribution in [0, 0.1) is 5.92 Å². The molecule has 1 heterocycles. The van der Waals surface area contributed by atoms with Gasteiger partial charge in [0.05, 0.1) is 24.6 Å². The highest BCUT2D eigenvalue weighted by Gasteiger charge is 2.34. The number of carbonyl (C=O) groups is 1. The van der Waals surface area contributed by atoms with Crippen molar-refractivity contribution in [2.24, 2.45) is 5.92 Å². The van der Waals surface area contributed by atoms with Crippen LogP contribution in [-0.2, 0) is 4.74 Å². The van der Waals surface area contributed by atoms with E-state index in [2.05, 4.69) is 9.88 Å². The average Bonchev–Trinajstić information content (AvgIpc) is 3.28. The molecule has 5 heteroatoms. The molecular weight excluding hydrogens is 242 g/mol. The van der Waals surface area contributed by atoms with Gasteiger partial charge in [0.2, 0.25) is 0 Å². The van der Waals surface area contributed by atoms with Crippen LogP contribution in [0.15, 0.2) is 12.3 Å². The fraction of sp³-hybridized carbons (Fsp3) is 0.571. The number of nitrogens with zero attached hydrogens (tertiary/aromatic N) is 2. The van der Waals surface area contributed by atoms with Crippen molar-refractivity contribution >= 4 is 17.5 Å². The number of hydrogen-bond acceptors (Lipinski definition) is 5. The van der Waals surface area contributed by atoms with E-state index >= 15 is 0 Å². The van der Waals surface area contributed by atoms with Crippen molar-refractivity contribution in [3.63, 3.8) is 0 Å². The number of nitrogens with two attached hydrogens (primary N) is 1. The molecule has 2 fully saturated rings. The molecule has 5 nitrogen and oxygen atoms in total. The van der Waals surface area contributed by atoms with Crippen LogP contribution in [0.3, 0.4) is 0 Å². The Bertz CT molecular complexity index is 495. The first-order chi connectivity index (χ1) is 9.19. The number of nitrogen functional groups attached to an aromatic ring is 1. The third-order valence-electron chi connectivity index (χ3n) is 3.76. The van der Waals surface area contributed by atoms with Crippen LogP contribution in [0.25, 0.3) is 0 Å². The predicted octanol–water partition coefficient (Wildman–Crippen LogP) is 1.83. The molecule has 0 spiro atoms. The zero-order valence-electron chi connectivity index (χ0n) is 11.1. The molecule has 0 unspecified atom stereocenters. The van der Waals surface area contributed by atoms with Gasteiger partial charge in [-0.15, -0.1) is 0 Å². The van der Waals surface area contributed by atoms with Gasteiger partial charge in [0.15, 0.2) is 0 Å². The van der Waals surface area contributed by atoms with Crippen molar-refractivity contribution in [2.45, 2.75) is 31.7 Å². The van der Waals surface area contributed by atoms with E-state index < -0.39 is 5.97 Å². The van der Waals surface area contributed by atoms with Crippen LogP contribution in [0.4, 0.5) is 11.5 Å². The summed E-state index contributed by atoms with van der Waals surface area (Å²) in [5.41, 5.74) is 6.57. The summed E-state index contributed by atoms with van der Waals surface area (Å²) in [6.07, 6.45) is 6.60. The topological polar surface area (TPSA) is 68.5 Å². The number of esters is 1. The summed E-state index contributed by atoms with van der Waals surface area (Å²) in [5, 5.41) is 0. The van der Waals surface area contributed by atoms with Crippen molar-refractivity contribution in [3.05, 3.63) is 17.8 Å². The lowest BCUT2D eigenvalue weighted by Crippen LogP contribution is -2.29. The Morgan fingerprint density at radius 3 is 2.79 bits per heavy atom. The van der Waals surface area contributed by atoms with E-state index in [1.807, 2.05) is 0 Å². The van der Waals surface area contributed by atoms with E-state index in [0.29, 0.717) is 17.3 Å². The smallest absolute Gasteiger partial charge is 0.340 e. The van der Waals surface area contributed by atoms with Crippen molar-refractivity contribution in [1.82, 2.24) is 4.98 Å². The maximum Gasteiger partial charge on any atom is 0.340 e. The van der Waals surface area contributed by atoms with Crippen LogP contribution in [-0.4, -0.2) is 30.6 Å². The number of methoxy groups -OCH3 is 1. The molecule has 2 saturated carbocycles. The Morgan fingerprint density at radius 2 is 2.21 bits per heavy atom. The molecule has 0 atom stereocenters. The number of rotatable bonds is 5. The molecule has 2 N–H and O–H groups in total. The molecule has 19 heavy (non-hydrogen) atoms. The second-order valence-corrected chi connectivity index (χ2v) is 5.45. The first kappa shape index (κ1) is 12.3. The van der Waals surface area contributed by atoms with Crippen molar-refractivity contribution in [1.29, 1.82) is 0 Å². The minimum Gasteiger partial charge on any atom is -0.465 e. The lowest BCUT2D eigenvalue weighted by atomic mass is 10.2. The summed E-state index contributed by atoms with van der Waals surface area (Å²) in [7, 11) is 1.37. The fourth-order valence-electron chi connectivity index (χ4n) is 2.29. The van der Waals surface area contributed by atoms with Gasteiger partial charge >= 0.3 is 5.97 Å². The number of pyridine rings is 1. The molecule has 1 aromatic rings. The second-order valence-electron chi connectivity index (χ2n) is 5.45. The Balaban J connectivity index is 1.87. The van der Waals surface area contributed by atoms with Crippen molar-refractivity contribution in [3.8, 4) is 0 Å². The van der Waals surface area contributed by atoms with E-state index in [1.165, 1.54) is 32.8 Å². The molecular formula is C14H19N3O2. The molecule has 0 radical (unpaired) electrons. The lowest BCUT2D eigenvalue weighted by molar-refractivity contribution is 0.0602. The van der Waals surface area contributed by atoms with Gasteiger partial charge in [-0.2, -0.15) is 0 Å². The van der Waals surface area contributed by atoms with Crippen LogP contribution < -0.4 is 10.6 Å². The highest BCUT2D eigenvalue weighted by atomic mass is 16.5. The third kappa shape index (κ3) is 2.64. The molecule has 102 valence electrons. The molecule has 2 aliphatic carbocycles. The quantitative estimate of drug-likeness (QED) is 0.819. The maximum absolute atomic E-state index is 11.7. The number of anilines is 2. The minimum atomic E-state index is -0.400. The molecule has 0 aliphatic heterocycles. The van der Waals surface area contributed by atoms with Crippen molar-refractivity contribution in [2.75, 3.05) is 24.3 Å². The van der Waals surface area contributed by atoms with Crippen LogP contribution in [0.2, 0.25) is 0 Å². The van der Waals surface area contributed by atoms with Crippen molar-refractivity contribution < 1.29 is 9.53 Å². The predicted molar refractivity (Wildman–Crippen MR) is 73.1 cm³/mol. The summed E-state index contributed by atoms with van der Waals surface area (Å²) in [6, 6.07) is 2.35. The molecule has 0 saturated heterocycles. The monoisotopic (exact) mass is 261 g/mol. The largest absolute Gasteiger partial charge is 0.465 e. The number of ether oxygens (including phenoxy) is 1. The zero-order valence-corrected chi connectivity index (χ0v) is 11.1. The highest BCUT2D eigenvalue weighted by Crippen LogP contribution is 2.37. The molecule has 2 aliphatic rings. The molecule has 0 bridgehead atoms. The van der Waals surface area contributed by atoms with E-state index in [0.717, 1.165) is 18.3 Å². The second kappa shape index (κ2) is 4.72. The normalized spacial score (nSPS) is 18.2. The molecule has 0 amide bonds. The Kier molecular flexibility index (Phi) is 3.05. The summed E-state index contributed by atoms with van der Waals surface area (Å²) in [4.78, 5) is 18.4. The summed E-state index contributed by atoms with van der Waals surface area (Å²) in [5.74, 6) is 1.24. The average molecular weight is 261 g/mol. The minimum absolute atomic E-state index is 0.373. The van der Waals surface area contributed by atoms with Gasteiger partial charge in [-0.3, -0.25) is 0 Å². The molecule has 1 aromatic heterocycles. The first-order valence-electron chi connectivity index (χ1n) is 6.79. The Hall–Kier alpha value is -1.78. The van der Waals surface area contributed by atoms with Gasteiger partial charge in [0.1, 0.15) is 5.82 Å². The summed E-state index contributed by atoms with van der Waals surface area (Å²) in [6.45, 7) is 1.04. The van der Waals surface area contributed by atoms with Gasteiger partial charge in [0, 0.05) is 12.6 Å². The Morgan fingerprint density at radius 1 is 1.47 bits per heavy atom. The highest BCUT2D eigenvalue weighted by molar-refractivity contribution is 5.95. The summed E-state index contributed by atoms with van der Waals surface area (Å²) >= 11 is 0. The maximum atomic E-state index is 11.7. The van der Waals surface area contributed by atoms with Gasteiger partial charge in [0.25, 0.3) is 0 Å². The van der Waals surface area contributed by atoms with E-state index in [9.17, 15) is 4.79 Å². The summed E-state index contributed by atoms with van der Waals surface area (Å²) < 4.78 is 4.76. The molecule has 3 rings (SSSR count). The van der Waals surface area contributed by atoms with E-state index in [-0.39, 0.29) is 0 Å². The van der Waals surface area contributed by atoms with E-state index in [4.69, 9.17) is 10.5 Å². The van der Waals surface area contributed by atoms with Gasteiger partial charge in [-0.05, 0) is 37.7 Å². The van der Waals surface area contributed by atoms with Gasteiger partial charge in [-0.25, -0.2) is 9.78 Å². The van der Waals surface area contributed by atoms with Gasteiger partial charge < -0.3 is 15.4 Å². The molecule has 0 aromatic carbocycles. The van der Waals surface area contributed by atoms with E-state index in [1.54, 1.807) is 12.3 Å². The fourth-order valence-corrected chi connectivity index (χ4v) is 2.29. The van der Waals surface area contributed by atoms with Crippen LogP contribution in [0.5, 0.6) is 0 Å². The number of carbonyl (C=O) groups excluding carboxylic acids is 1. The van der Waals surface area contributed by atoms with Crippen LogP contribution in [0.1, 0.15) is 36.0 Å². The SMILES string of the molecule is COC(=O)c1cc(N(CC2CC2)C2CC2)ncc1N. The zero-order chi connectivity index (χ0) is 13.4. The lowest BCUT2D eigenvalue weighted by Gasteiger charge is -2.24. The third-order valence-corrected chi connectivity index (χ3v) is 3.76. The number of hydrogen-bond donors (Lipinski definition) is 1. The standard InChI is InChI=1S/C14H19N3O2/c1-19-14(18)11-6-13(16-7-12(11)15)17(10-4-5-10)8-9-2-3-9/h6-7,9-10H,2-5,8,15H2,1H3. The first-order valence-corrected chi connectivity index (χ1v) is 6.79. The Labute approximate surface area is 112 Å². The van der Waals surface area contributed by atoms with Crippen LogP contribution >= 0.6 is 0 Å². The number of aromatic nitrogens is 1. The van der Waals surface area contributed by atoms with Gasteiger partial charge in [-0.1, -0.05) is 0 Å².